The Morgan fingerprint density at radius 1 is 1.25 bits per heavy atom. The number of hydrogen-bond acceptors (Lipinski definition) is 3. The van der Waals surface area contributed by atoms with Crippen LogP contribution in [-0.4, -0.2) is 37.7 Å². The fourth-order valence-corrected chi connectivity index (χ4v) is 4.08. The lowest BCUT2D eigenvalue weighted by Crippen LogP contribution is -2.39. The molecule has 1 saturated heterocycles. The number of carbonyl (C=O) groups excluding carboxylic acids is 1. The SMILES string of the molecule is O=C(c1cccn1Cc1cccs1)N1CCC[C@H]1Cn1cccn1. The third kappa shape index (κ3) is 3.01. The fourth-order valence-electron chi connectivity index (χ4n) is 3.38. The van der Waals surface area contributed by atoms with Crippen LogP contribution >= 0.6 is 11.3 Å². The number of aromatic nitrogens is 3. The third-order valence-electron chi connectivity index (χ3n) is 4.55. The molecule has 0 aromatic carbocycles. The quantitative estimate of drug-likeness (QED) is 0.716. The Morgan fingerprint density at radius 3 is 3.00 bits per heavy atom. The lowest BCUT2D eigenvalue weighted by atomic mass is 10.2. The Kier molecular flexibility index (Phi) is 4.21. The summed E-state index contributed by atoms with van der Waals surface area (Å²) in [7, 11) is 0. The second kappa shape index (κ2) is 6.65. The van der Waals surface area contributed by atoms with Crippen molar-refractivity contribution in [3.05, 3.63) is 64.9 Å². The van der Waals surface area contributed by atoms with Gasteiger partial charge in [0.15, 0.2) is 0 Å². The van der Waals surface area contributed by atoms with Gasteiger partial charge >= 0.3 is 0 Å². The Balaban J connectivity index is 1.51. The van der Waals surface area contributed by atoms with Gasteiger partial charge in [0, 0.05) is 30.0 Å². The smallest absolute Gasteiger partial charge is 0.270 e. The van der Waals surface area contributed by atoms with E-state index in [1.54, 1.807) is 17.5 Å². The van der Waals surface area contributed by atoms with Gasteiger partial charge in [-0.25, -0.2) is 0 Å². The largest absolute Gasteiger partial charge is 0.338 e. The minimum atomic E-state index is 0.131. The highest BCUT2D eigenvalue weighted by Gasteiger charge is 2.31. The van der Waals surface area contributed by atoms with Crippen LogP contribution in [0.25, 0.3) is 0 Å². The van der Waals surface area contributed by atoms with E-state index in [1.807, 2.05) is 46.2 Å². The summed E-state index contributed by atoms with van der Waals surface area (Å²) in [5.41, 5.74) is 0.774. The lowest BCUT2D eigenvalue weighted by Gasteiger charge is -2.25. The summed E-state index contributed by atoms with van der Waals surface area (Å²) in [5, 5.41) is 6.35. The average molecular weight is 340 g/mol. The summed E-state index contributed by atoms with van der Waals surface area (Å²) in [6.45, 7) is 2.35. The van der Waals surface area contributed by atoms with Gasteiger partial charge in [-0.1, -0.05) is 6.07 Å². The molecule has 4 heterocycles. The van der Waals surface area contributed by atoms with E-state index in [-0.39, 0.29) is 11.9 Å². The van der Waals surface area contributed by atoms with Crippen molar-refractivity contribution >= 4 is 17.2 Å². The molecule has 0 unspecified atom stereocenters. The van der Waals surface area contributed by atoms with Crippen LogP contribution in [0.4, 0.5) is 0 Å². The van der Waals surface area contributed by atoms with E-state index in [9.17, 15) is 4.79 Å². The Bertz CT molecular complexity index is 791. The summed E-state index contributed by atoms with van der Waals surface area (Å²) < 4.78 is 3.97. The molecule has 0 saturated carbocycles. The second-order valence-corrected chi connectivity index (χ2v) is 7.16. The van der Waals surface area contributed by atoms with Crippen molar-refractivity contribution in [3.63, 3.8) is 0 Å². The second-order valence-electron chi connectivity index (χ2n) is 6.12. The van der Waals surface area contributed by atoms with E-state index in [0.717, 1.165) is 38.2 Å². The monoisotopic (exact) mass is 340 g/mol. The van der Waals surface area contributed by atoms with Crippen molar-refractivity contribution < 1.29 is 4.79 Å². The van der Waals surface area contributed by atoms with Gasteiger partial charge in [-0.3, -0.25) is 9.48 Å². The topological polar surface area (TPSA) is 43.1 Å². The fraction of sp³-hybridized carbons (Fsp3) is 0.333. The van der Waals surface area contributed by atoms with Crippen molar-refractivity contribution in [1.29, 1.82) is 0 Å². The lowest BCUT2D eigenvalue weighted by molar-refractivity contribution is 0.0711. The highest BCUT2D eigenvalue weighted by Crippen LogP contribution is 2.22. The predicted octanol–water partition coefficient (Wildman–Crippen LogP) is 3.10. The zero-order valence-electron chi connectivity index (χ0n) is 13.4. The number of hydrogen-bond donors (Lipinski definition) is 0. The molecular formula is C18H20N4OS. The van der Waals surface area contributed by atoms with Crippen molar-refractivity contribution in [1.82, 2.24) is 19.2 Å². The van der Waals surface area contributed by atoms with Crippen LogP contribution < -0.4 is 0 Å². The van der Waals surface area contributed by atoms with E-state index in [2.05, 4.69) is 21.1 Å². The molecule has 24 heavy (non-hydrogen) atoms. The molecule has 1 aliphatic rings. The van der Waals surface area contributed by atoms with E-state index in [0.29, 0.717) is 0 Å². The Morgan fingerprint density at radius 2 is 2.21 bits per heavy atom. The predicted molar refractivity (Wildman–Crippen MR) is 94.1 cm³/mol. The molecule has 1 atom stereocenters. The number of thiophene rings is 1. The molecule has 0 bridgehead atoms. The zero-order valence-corrected chi connectivity index (χ0v) is 14.2. The van der Waals surface area contributed by atoms with Gasteiger partial charge in [0.1, 0.15) is 5.69 Å². The first-order valence-electron chi connectivity index (χ1n) is 8.27. The molecular weight excluding hydrogens is 320 g/mol. The molecule has 0 radical (unpaired) electrons. The summed E-state index contributed by atoms with van der Waals surface area (Å²) in [4.78, 5) is 16.3. The van der Waals surface area contributed by atoms with Gasteiger partial charge < -0.3 is 9.47 Å². The van der Waals surface area contributed by atoms with Crippen LogP contribution in [0.3, 0.4) is 0 Å². The molecule has 3 aromatic heterocycles. The number of amides is 1. The first-order chi connectivity index (χ1) is 11.8. The highest BCUT2D eigenvalue weighted by atomic mass is 32.1. The molecule has 5 nitrogen and oxygen atoms in total. The van der Waals surface area contributed by atoms with Crippen molar-refractivity contribution in [3.8, 4) is 0 Å². The van der Waals surface area contributed by atoms with E-state index >= 15 is 0 Å². The number of rotatable bonds is 5. The van der Waals surface area contributed by atoms with Crippen LogP contribution in [0.5, 0.6) is 0 Å². The van der Waals surface area contributed by atoms with Crippen LogP contribution in [0, 0.1) is 0 Å². The molecule has 0 N–H and O–H groups in total. The molecule has 6 heteroatoms. The van der Waals surface area contributed by atoms with Crippen LogP contribution in [0.15, 0.2) is 54.3 Å². The first-order valence-corrected chi connectivity index (χ1v) is 9.15. The normalized spacial score (nSPS) is 17.5. The molecule has 0 aliphatic carbocycles. The molecule has 4 rings (SSSR count). The zero-order chi connectivity index (χ0) is 16.4. The van der Waals surface area contributed by atoms with E-state index < -0.39 is 0 Å². The number of likely N-dealkylation sites (tertiary alicyclic amines) is 1. The standard InChI is InChI=1S/C18H20N4OS/c23-18(17-7-2-9-20(17)14-16-6-3-12-24-16)22-11-1-5-15(22)13-21-10-4-8-19-21/h2-4,6-10,12,15H,1,5,11,13-14H2/t15-/m0/s1. The summed E-state index contributed by atoms with van der Waals surface area (Å²) in [6.07, 6.45) is 7.83. The summed E-state index contributed by atoms with van der Waals surface area (Å²) in [6, 6.07) is 10.2. The molecule has 1 amide bonds. The van der Waals surface area contributed by atoms with Crippen molar-refractivity contribution in [2.75, 3.05) is 6.54 Å². The van der Waals surface area contributed by atoms with Gasteiger partial charge in [-0.05, 0) is 42.5 Å². The van der Waals surface area contributed by atoms with Crippen LogP contribution in [0.1, 0.15) is 28.2 Å². The molecule has 3 aromatic rings. The van der Waals surface area contributed by atoms with Crippen molar-refractivity contribution in [2.24, 2.45) is 0 Å². The van der Waals surface area contributed by atoms with Gasteiger partial charge in [0.2, 0.25) is 0 Å². The number of carbonyl (C=O) groups is 1. The maximum absolute atomic E-state index is 13.1. The van der Waals surface area contributed by atoms with Gasteiger partial charge in [-0.15, -0.1) is 11.3 Å². The maximum atomic E-state index is 13.1. The Labute approximate surface area is 145 Å². The average Bonchev–Trinajstić information content (AvgIpc) is 3.37. The van der Waals surface area contributed by atoms with E-state index in [4.69, 9.17) is 0 Å². The maximum Gasteiger partial charge on any atom is 0.270 e. The highest BCUT2D eigenvalue weighted by molar-refractivity contribution is 7.09. The number of nitrogens with zero attached hydrogens (tertiary/aromatic N) is 4. The third-order valence-corrected chi connectivity index (χ3v) is 5.41. The van der Waals surface area contributed by atoms with Crippen molar-refractivity contribution in [2.45, 2.75) is 32.0 Å². The molecule has 124 valence electrons. The summed E-state index contributed by atoms with van der Waals surface area (Å²) in [5.74, 6) is 0.131. The minimum absolute atomic E-state index is 0.131. The molecule has 1 fully saturated rings. The Hall–Kier alpha value is -2.34. The molecule has 1 aliphatic heterocycles. The van der Waals surface area contributed by atoms with Gasteiger partial charge in [-0.2, -0.15) is 5.10 Å². The molecule has 0 spiro atoms. The van der Waals surface area contributed by atoms with Crippen LogP contribution in [-0.2, 0) is 13.1 Å². The first kappa shape index (κ1) is 15.2. The van der Waals surface area contributed by atoms with Crippen LogP contribution in [0.2, 0.25) is 0 Å². The van der Waals surface area contributed by atoms with E-state index in [1.165, 1.54) is 4.88 Å². The minimum Gasteiger partial charge on any atom is -0.338 e. The summed E-state index contributed by atoms with van der Waals surface area (Å²) >= 11 is 1.72. The van der Waals surface area contributed by atoms with Gasteiger partial charge in [0.25, 0.3) is 5.91 Å². The van der Waals surface area contributed by atoms with Gasteiger partial charge in [0.05, 0.1) is 19.1 Å².